The van der Waals surface area contributed by atoms with Crippen molar-refractivity contribution in [2.24, 2.45) is 0 Å². The number of rotatable bonds is 0. The number of allylic oxidation sites excluding steroid dienone is 2. The summed E-state index contributed by atoms with van der Waals surface area (Å²) in [6.45, 7) is 0. The summed E-state index contributed by atoms with van der Waals surface area (Å²) in [5.74, 6) is -2.20. The second-order valence-corrected chi connectivity index (χ2v) is 5.16. The molecule has 22 heavy (non-hydrogen) atoms. The Morgan fingerprint density at radius 2 is 0.636 bits per heavy atom. The third kappa shape index (κ3) is 1.41. The van der Waals surface area contributed by atoms with Gasteiger partial charge in [0.1, 0.15) is 0 Å². The molecule has 0 bridgehead atoms. The molecule has 2 aliphatic rings. The van der Waals surface area contributed by atoms with Gasteiger partial charge in [-0.1, -0.05) is 48.5 Å². The molecule has 0 unspecified atom stereocenters. The van der Waals surface area contributed by atoms with Gasteiger partial charge in [0.2, 0.25) is 0 Å². The Morgan fingerprint density at radius 3 is 0.864 bits per heavy atom. The van der Waals surface area contributed by atoms with Crippen LogP contribution in [0.2, 0.25) is 0 Å². The zero-order valence-electron chi connectivity index (χ0n) is 11.3. The third-order valence-corrected chi connectivity index (χ3v) is 3.99. The Hall–Kier alpha value is -3.14. The van der Waals surface area contributed by atoms with E-state index in [-0.39, 0.29) is 33.4 Å². The number of Topliss-reactive ketones (excluding diaryl/α,β-unsaturated/α-hetero) is 4. The lowest BCUT2D eigenvalue weighted by atomic mass is 10.00. The number of fused-ring (bicyclic) bond motifs is 2. The SMILES string of the molecule is O=C1C(=C2C(=O)c3ccccc3C2=O)C(=O)c2ccccc21. The minimum atomic E-state index is -0.551. The van der Waals surface area contributed by atoms with Gasteiger partial charge >= 0.3 is 0 Å². The molecule has 0 spiro atoms. The number of ketones is 4. The largest absolute Gasteiger partial charge is 0.288 e. The second kappa shape index (κ2) is 4.18. The van der Waals surface area contributed by atoms with E-state index in [1.54, 1.807) is 24.3 Å². The highest BCUT2D eigenvalue weighted by molar-refractivity contribution is 6.50. The Bertz CT molecular complexity index is 796. The monoisotopic (exact) mass is 288 g/mol. The van der Waals surface area contributed by atoms with Crippen LogP contribution in [0.1, 0.15) is 41.4 Å². The van der Waals surface area contributed by atoms with Gasteiger partial charge in [0.25, 0.3) is 0 Å². The zero-order chi connectivity index (χ0) is 15.4. The minimum Gasteiger partial charge on any atom is -0.288 e. The summed E-state index contributed by atoms with van der Waals surface area (Å²) in [4.78, 5) is 49.8. The van der Waals surface area contributed by atoms with Crippen LogP contribution in [0.15, 0.2) is 59.7 Å². The number of hydrogen-bond acceptors (Lipinski definition) is 4. The summed E-state index contributed by atoms with van der Waals surface area (Å²) < 4.78 is 0. The van der Waals surface area contributed by atoms with Gasteiger partial charge < -0.3 is 0 Å². The van der Waals surface area contributed by atoms with Gasteiger partial charge in [0, 0.05) is 22.3 Å². The predicted molar refractivity (Wildman–Crippen MR) is 77.2 cm³/mol. The first kappa shape index (κ1) is 12.6. The van der Waals surface area contributed by atoms with Crippen LogP contribution >= 0.6 is 0 Å². The number of carbonyl (C=O) groups is 4. The van der Waals surface area contributed by atoms with Gasteiger partial charge in [-0.25, -0.2) is 0 Å². The molecular weight excluding hydrogens is 280 g/mol. The van der Waals surface area contributed by atoms with Crippen molar-refractivity contribution >= 4 is 23.1 Å². The summed E-state index contributed by atoms with van der Waals surface area (Å²) >= 11 is 0. The predicted octanol–water partition coefficient (Wildman–Crippen LogP) is 2.44. The molecule has 0 fully saturated rings. The molecular formula is C18H8O4. The number of carbonyl (C=O) groups excluding carboxylic acids is 4. The molecule has 0 aromatic heterocycles. The van der Waals surface area contributed by atoms with E-state index in [4.69, 9.17) is 0 Å². The third-order valence-electron chi connectivity index (χ3n) is 3.99. The van der Waals surface area contributed by atoms with Crippen molar-refractivity contribution in [2.45, 2.75) is 0 Å². The van der Waals surface area contributed by atoms with Crippen molar-refractivity contribution in [2.75, 3.05) is 0 Å². The molecule has 0 radical (unpaired) electrons. The average Bonchev–Trinajstić information content (AvgIpc) is 2.94. The van der Waals surface area contributed by atoms with E-state index >= 15 is 0 Å². The molecule has 2 aliphatic carbocycles. The van der Waals surface area contributed by atoms with E-state index in [2.05, 4.69) is 0 Å². The summed E-state index contributed by atoms with van der Waals surface area (Å²) in [5, 5.41) is 0. The van der Waals surface area contributed by atoms with Crippen LogP contribution in [0, 0.1) is 0 Å². The lowest BCUT2D eigenvalue weighted by molar-refractivity contribution is 0.0936. The zero-order valence-corrected chi connectivity index (χ0v) is 11.3. The highest BCUT2D eigenvalue weighted by Crippen LogP contribution is 2.34. The quantitative estimate of drug-likeness (QED) is 0.551. The van der Waals surface area contributed by atoms with Crippen LogP contribution in [0.5, 0.6) is 0 Å². The maximum absolute atomic E-state index is 12.5. The highest BCUT2D eigenvalue weighted by atomic mass is 16.2. The van der Waals surface area contributed by atoms with E-state index in [0.717, 1.165) is 0 Å². The molecule has 0 N–H and O–H groups in total. The van der Waals surface area contributed by atoms with Gasteiger partial charge in [-0.15, -0.1) is 0 Å². The molecule has 0 saturated carbocycles. The van der Waals surface area contributed by atoms with Crippen molar-refractivity contribution in [3.05, 3.63) is 81.9 Å². The van der Waals surface area contributed by atoms with E-state index in [9.17, 15) is 19.2 Å². The normalized spacial score (nSPS) is 16.4. The van der Waals surface area contributed by atoms with Crippen LogP contribution in [-0.4, -0.2) is 23.1 Å². The molecule has 4 rings (SSSR count). The van der Waals surface area contributed by atoms with Crippen LogP contribution in [0.25, 0.3) is 0 Å². The molecule has 4 nitrogen and oxygen atoms in total. The maximum Gasteiger partial charge on any atom is 0.198 e. The van der Waals surface area contributed by atoms with Crippen LogP contribution < -0.4 is 0 Å². The summed E-state index contributed by atoms with van der Waals surface area (Å²) in [6.07, 6.45) is 0. The summed E-state index contributed by atoms with van der Waals surface area (Å²) in [5.41, 5.74) is 0.371. The second-order valence-electron chi connectivity index (χ2n) is 5.16. The van der Waals surface area contributed by atoms with Gasteiger partial charge in [0.05, 0.1) is 11.1 Å². The van der Waals surface area contributed by atoms with E-state index < -0.39 is 23.1 Å². The average molecular weight is 288 g/mol. The minimum absolute atomic E-state index is 0.242. The summed E-state index contributed by atoms with van der Waals surface area (Å²) in [6, 6.07) is 12.7. The molecule has 0 amide bonds. The molecule has 0 heterocycles. The molecule has 0 aliphatic heterocycles. The molecule has 104 valence electrons. The van der Waals surface area contributed by atoms with Crippen molar-refractivity contribution in [3.8, 4) is 0 Å². The standard InChI is InChI=1S/C18H8O4/c19-15-9-5-1-2-6-10(9)16(20)13(15)14-17(21)11-7-3-4-8-12(11)18(14)22/h1-8H. The fourth-order valence-corrected chi connectivity index (χ4v) is 2.96. The number of benzene rings is 2. The smallest absolute Gasteiger partial charge is 0.198 e. The van der Waals surface area contributed by atoms with Crippen molar-refractivity contribution in [1.29, 1.82) is 0 Å². The Kier molecular flexibility index (Phi) is 2.39. The lowest BCUT2D eigenvalue weighted by Crippen LogP contribution is -2.13. The van der Waals surface area contributed by atoms with Gasteiger partial charge in [-0.2, -0.15) is 0 Å². The van der Waals surface area contributed by atoms with E-state index in [1.165, 1.54) is 24.3 Å². The van der Waals surface area contributed by atoms with E-state index in [0.29, 0.717) is 0 Å². The van der Waals surface area contributed by atoms with Crippen LogP contribution in [-0.2, 0) is 0 Å². The van der Waals surface area contributed by atoms with Gasteiger partial charge in [-0.05, 0) is 0 Å². The van der Waals surface area contributed by atoms with Crippen molar-refractivity contribution < 1.29 is 19.2 Å². The van der Waals surface area contributed by atoms with Crippen LogP contribution in [0.4, 0.5) is 0 Å². The Labute approximate surface area is 125 Å². The van der Waals surface area contributed by atoms with Crippen molar-refractivity contribution in [1.82, 2.24) is 0 Å². The fourth-order valence-electron chi connectivity index (χ4n) is 2.96. The number of hydrogen-bond donors (Lipinski definition) is 0. The van der Waals surface area contributed by atoms with Gasteiger partial charge in [0.15, 0.2) is 23.1 Å². The lowest BCUT2D eigenvalue weighted by Gasteiger charge is -1.98. The molecule has 2 aromatic carbocycles. The highest BCUT2D eigenvalue weighted by Gasteiger charge is 2.43. The molecule has 0 saturated heterocycles. The van der Waals surface area contributed by atoms with E-state index in [1.807, 2.05) is 0 Å². The molecule has 4 heteroatoms. The Morgan fingerprint density at radius 1 is 0.409 bits per heavy atom. The first-order chi connectivity index (χ1) is 10.6. The topological polar surface area (TPSA) is 68.3 Å². The first-order valence-corrected chi connectivity index (χ1v) is 6.72. The maximum atomic E-state index is 12.5. The fraction of sp³-hybridized carbons (Fsp3) is 0. The summed E-state index contributed by atoms with van der Waals surface area (Å²) in [7, 11) is 0. The Balaban J connectivity index is 1.99. The molecule has 2 aromatic rings. The first-order valence-electron chi connectivity index (χ1n) is 6.72. The van der Waals surface area contributed by atoms with Crippen molar-refractivity contribution in [3.63, 3.8) is 0 Å². The molecule has 0 atom stereocenters. The van der Waals surface area contributed by atoms with Crippen LogP contribution in [0.3, 0.4) is 0 Å². The van der Waals surface area contributed by atoms with Gasteiger partial charge in [-0.3, -0.25) is 19.2 Å².